The van der Waals surface area contributed by atoms with Crippen LogP contribution in [-0.4, -0.2) is 67.3 Å². The fourth-order valence-corrected chi connectivity index (χ4v) is 2.19. The van der Waals surface area contributed by atoms with Gasteiger partial charge in [0.25, 0.3) is 0 Å². The zero-order chi connectivity index (χ0) is 14.4. The van der Waals surface area contributed by atoms with E-state index in [1.54, 1.807) is 6.33 Å². The second-order valence-electron chi connectivity index (χ2n) is 5.39. The highest BCUT2D eigenvalue weighted by atomic mass is 16.5. The molecular weight excluding hydrogens is 254 g/mol. The van der Waals surface area contributed by atoms with Crippen molar-refractivity contribution in [2.24, 2.45) is 0 Å². The minimum atomic E-state index is 0.129. The first-order valence-electron chi connectivity index (χ1n) is 7.28. The van der Waals surface area contributed by atoms with Crippen molar-refractivity contribution in [2.75, 3.05) is 51.2 Å². The predicted octanol–water partition coefficient (Wildman–Crippen LogP) is 0.605. The van der Waals surface area contributed by atoms with Gasteiger partial charge in [0.2, 0.25) is 5.88 Å². The van der Waals surface area contributed by atoms with Crippen molar-refractivity contribution < 1.29 is 4.74 Å². The van der Waals surface area contributed by atoms with Crippen LogP contribution in [-0.2, 0) is 0 Å². The number of nitrogens with zero attached hydrogens (tertiary/aromatic N) is 4. The zero-order valence-electron chi connectivity index (χ0n) is 12.7. The maximum Gasteiger partial charge on any atom is 0.218 e. The second-order valence-corrected chi connectivity index (χ2v) is 5.39. The number of hydrogen-bond donors (Lipinski definition) is 1. The SMILES string of the molecule is CC(C)Oc1cc(N(C)CCN2CCNCC2)ncn1. The van der Waals surface area contributed by atoms with Crippen molar-refractivity contribution in [2.45, 2.75) is 20.0 Å². The van der Waals surface area contributed by atoms with E-state index >= 15 is 0 Å². The van der Waals surface area contributed by atoms with E-state index < -0.39 is 0 Å². The summed E-state index contributed by atoms with van der Waals surface area (Å²) in [7, 11) is 2.06. The molecule has 0 bridgehead atoms. The summed E-state index contributed by atoms with van der Waals surface area (Å²) in [5, 5.41) is 3.37. The molecule has 1 aliphatic rings. The van der Waals surface area contributed by atoms with Gasteiger partial charge in [-0.2, -0.15) is 0 Å². The van der Waals surface area contributed by atoms with Gasteiger partial charge in [-0.15, -0.1) is 0 Å². The second kappa shape index (κ2) is 7.40. The molecule has 0 aromatic carbocycles. The predicted molar refractivity (Wildman–Crippen MR) is 80.4 cm³/mol. The van der Waals surface area contributed by atoms with Crippen LogP contribution in [0, 0.1) is 0 Å². The van der Waals surface area contributed by atoms with Crippen LogP contribution in [0.2, 0.25) is 0 Å². The number of ether oxygens (including phenoxy) is 1. The molecule has 20 heavy (non-hydrogen) atoms. The largest absolute Gasteiger partial charge is 0.475 e. The lowest BCUT2D eigenvalue weighted by Crippen LogP contribution is -2.46. The van der Waals surface area contributed by atoms with Gasteiger partial charge in [-0.3, -0.25) is 4.90 Å². The molecule has 2 heterocycles. The minimum Gasteiger partial charge on any atom is -0.475 e. The van der Waals surface area contributed by atoms with Gasteiger partial charge < -0.3 is 15.0 Å². The molecule has 1 N–H and O–H groups in total. The van der Waals surface area contributed by atoms with Crippen molar-refractivity contribution >= 4 is 5.82 Å². The van der Waals surface area contributed by atoms with Crippen LogP contribution in [0.15, 0.2) is 12.4 Å². The average molecular weight is 279 g/mol. The van der Waals surface area contributed by atoms with Gasteiger partial charge in [-0.25, -0.2) is 9.97 Å². The summed E-state index contributed by atoms with van der Waals surface area (Å²) in [5.74, 6) is 1.55. The number of likely N-dealkylation sites (N-methyl/N-ethyl adjacent to an activating group) is 1. The summed E-state index contributed by atoms with van der Waals surface area (Å²) in [6, 6.07) is 1.90. The average Bonchev–Trinajstić information content (AvgIpc) is 2.45. The standard InChI is InChI=1S/C14H25N5O/c1-12(2)20-14-10-13(16-11-17-14)18(3)8-9-19-6-4-15-5-7-19/h10-12,15H,4-9H2,1-3H3. The molecule has 112 valence electrons. The van der Waals surface area contributed by atoms with Crippen LogP contribution in [0.25, 0.3) is 0 Å². The van der Waals surface area contributed by atoms with E-state index in [2.05, 4.69) is 32.1 Å². The van der Waals surface area contributed by atoms with Gasteiger partial charge in [0.05, 0.1) is 6.10 Å². The van der Waals surface area contributed by atoms with Crippen molar-refractivity contribution in [1.29, 1.82) is 0 Å². The van der Waals surface area contributed by atoms with Gasteiger partial charge in [-0.05, 0) is 13.8 Å². The first-order chi connectivity index (χ1) is 9.65. The lowest BCUT2D eigenvalue weighted by molar-refractivity contribution is 0.232. The molecule has 0 unspecified atom stereocenters. The Bertz CT molecular complexity index is 406. The van der Waals surface area contributed by atoms with Gasteiger partial charge in [0.1, 0.15) is 12.1 Å². The Kier molecular flexibility index (Phi) is 5.55. The van der Waals surface area contributed by atoms with Gasteiger partial charge in [-0.1, -0.05) is 0 Å². The van der Waals surface area contributed by atoms with Crippen LogP contribution >= 0.6 is 0 Å². The highest BCUT2D eigenvalue weighted by molar-refractivity contribution is 5.39. The number of piperazine rings is 1. The maximum absolute atomic E-state index is 5.60. The summed E-state index contributed by atoms with van der Waals surface area (Å²) >= 11 is 0. The molecule has 1 aromatic rings. The van der Waals surface area contributed by atoms with Gasteiger partial charge in [0, 0.05) is 52.4 Å². The number of nitrogens with one attached hydrogen (secondary N) is 1. The van der Waals surface area contributed by atoms with E-state index in [1.165, 1.54) is 0 Å². The van der Waals surface area contributed by atoms with Crippen molar-refractivity contribution in [3.05, 3.63) is 12.4 Å². The quantitative estimate of drug-likeness (QED) is 0.823. The molecule has 0 saturated carbocycles. The molecule has 1 aliphatic heterocycles. The Balaban J connectivity index is 1.86. The van der Waals surface area contributed by atoms with E-state index in [4.69, 9.17) is 4.74 Å². The van der Waals surface area contributed by atoms with Crippen LogP contribution in [0.5, 0.6) is 5.88 Å². The van der Waals surface area contributed by atoms with E-state index in [9.17, 15) is 0 Å². The third kappa shape index (κ3) is 4.61. The lowest BCUT2D eigenvalue weighted by atomic mass is 10.3. The molecule has 1 fully saturated rings. The first-order valence-corrected chi connectivity index (χ1v) is 7.28. The molecule has 6 heteroatoms. The Labute approximate surface area is 121 Å². The van der Waals surface area contributed by atoms with Crippen LogP contribution in [0.3, 0.4) is 0 Å². The number of rotatable bonds is 6. The van der Waals surface area contributed by atoms with Crippen molar-refractivity contribution in [3.63, 3.8) is 0 Å². The fraction of sp³-hybridized carbons (Fsp3) is 0.714. The molecule has 2 rings (SSSR count). The van der Waals surface area contributed by atoms with Crippen molar-refractivity contribution in [1.82, 2.24) is 20.2 Å². The Morgan fingerprint density at radius 1 is 1.35 bits per heavy atom. The van der Waals surface area contributed by atoms with Crippen LogP contribution in [0.1, 0.15) is 13.8 Å². The van der Waals surface area contributed by atoms with E-state index in [0.717, 1.165) is 45.1 Å². The van der Waals surface area contributed by atoms with Crippen LogP contribution < -0.4 is 15.0 Å². The monoisotopic (exact) mass is 279 g/mol. The summed E-state index contributed by atoms with van der Waals surface area (Å²) < 4.78 is 5.60. The van der Waals surface area contributed by atoms with E-state index in [-0.39, 0.29) is 6.10 Å². The Hall–Kier alpha value is -1.40. The summed E-state index contributed by atoms with van der Waals surface area (Å²) in [6.45, 7) is 10.4. The number of anilines is 1. The lowest BCUT2D eigenvalue weighted by Gasteiger charge is -2.29. The molecule has 0 aliphatic carbocycles. The highest BCUT2D eigenvalue weighted by Gasteiger charge is 2.11. The third-order valence-electron chi connectivity index (χ3n) is 3.34. The topological polar surface area (TPSA) is 53.5 Å². The number of hydrogen-bond acceptors (Lipinski definition) is 6. The molecule has 0 radical (unpaired) electrons. The smallest absolute Gasteiger partial charge is 0.218 e. The molecule has 0 atom stereocenters. The third-order valence-corrected chi connectivity index (χ3v) is 3.34. The maximum atomic E-state index is 5.60. The molecule has 1 aromatic heterocycles. The number of aromatic nitrogens is 2. The molecule has 1 saturated heterocycles. The van der Waals surface area contributed by atoms with Gasteiger partial charge >= 0.3 is 0 Å². The molecule has 0 spiro atoms. The van der Waals surface area contributed by atoms with E-state index in [0.29, 0.717) is 5.88 Å². The molecular formula is C14H25N5O. The molecule has 0 amide bonds. The normalized spacial score (nSPS) is 16.4. The summed E-state index contributed by atoms with van der Waals surface area (Å²) in [6.07, 6.45) is 1.69. The Morgan fingerprint density at radius 2 is 2.10 bits per heavy atom. The highest BCUT2D eigenvalue weighted by Crippen LogP contribution is 2.15. The summed E-state index contributed by atoms with van der Waals surface area (Å²) in [4.78, 5) is 13.1. The van der Waals surface area contributed by atoms with Crippen LogP contribution in [0.4, 0.5) is 5.82 Å². The summed E-state index contributed by atoms with van der Waals surface area (Å²) in [5.41, 5.74) is 0. The molecule has 6 nitrogen and oxygen atoms in total. The first kappa shape index (κ1) is 15.0. The minimum absolute atomic E-state index is 0.129. The van der Waals surface area contributed by atoms with Gasteiger partial charge in [0.15, 0.2) is 0 Å². The van der Waals surface area contributed by atoms with Crippen molar-refractivity contribution in [3.8, 4) is 5.88 Å². The zero-order valence-corrected chi connectivity index (χ0v) is 12.7. The fourth-order valence-electron chi connectivity index (χ4n) is 2.19. The Morgan fingerprint density at radius 3 is 2.80 bits per heavy atom. The van der Waals surface area contributed by atoms with E-state index in [1.807, 2.05) is 19.9 Å².